The van der Waals surface area contributed by atoms with Crippen molar-refractivity contribution in [3.05, 3.63) is 24.3 Å². The molecular weight excluding hydrogens is 244 g/mol. The summed E-state index contributed by atoms with van der Waals surface area (Å²) in [5.74, 6) is 0.630. The Bertz CT molecular complexity index is 463. The molecule has 98 valence electrons. The van der Waals surface area contributed by atoms with Crippen LogP contribution in [0.5, 0.6) is 0 Å². The van der Waals surface area contributed by atoms with Gasteiger partial charge in [0.2, 0.25) is 0 Å². The molecule has 0 saturated carbocycles. The molecule has 0 spiro atoms. The SMILES string of the molecule is CC(C)(C#N)CCCCS(=O)c1cccc(N)c1. The maximum atomic E-state index is 12.0. The fourth-order valence-electron chi connectivity index (χ4n) is 1.63. The smallest absolute Gasteiger partial charge is 0.0683 e. The second-order valence-electron chi connectivity index (χ2n) is 5.07. The van der Waals surface area contributed by atoms with Crippen LogP contribution in [0.25, 0.3) is 0 Å². The third-order valence-electron chi connectivity index (χ3n) is 2.81. The molecule has 4 heteroatoms. The van der Waals surface area contributed by atoms with Crippen LogP contribution in [-0.4, -0.2) is 9.96 Å². The molecule has 18 heavy (non-hydrogen) atoms. The topological polar surface area (TPSA) is 66.9 Å². The summed E-state index contributed by atoms with van der Waals surface area (Å²) in [6.07, 6.45) is 2.64. The molecule has 0 radical (unpaired) electrons. The number of rotatable bonds is 6. The van der Waals surface area contributed by atoms with E-state index in [2.05, 4.69) is 6.07 Å². The van der Waals surface area contributed by atoms with Crippen LogP contribution < -0.4 is 5.73 Å². The average Bonchev–Trinajstić information content (AvgIpc) is 2.34. The predicted molar refractivity (Wildman–Crippen MR) is 75.4 cm³/mol. The Morgan fingerprint density at radius 1 is 1.39 bits per heavy atom. The third-order valence-corrected chi connectivity index (χ3v) is 4.24. The van der Waals surface area contributed by atoms with E-state index in [4.69, 9.17) is 11.0 Å². The third kappa shape index (κ3) is 4.89. The molecular formula is C14H20N2OS. The highest BCUT2D eigenvalue weighted by Crippen LogP contribution is 2.22. The first kappa shape index (κ1) is 14.7. The van der Waals surface area contributed by atoms with Gasteiger partial charge in [-0.25, -0.2) is 0 Å². The van der Waals surface area contributed by atoms with Gasteiger partial charge < -0.3 is 5.73 Å². The van der Waals surface area contributed by atoms with Crippen molar-refractivity contribution in [3.63, 3.8) is 0 Å². The van der Waals surface area contributed by atoms with E-state index < -0.39 is 10.8 Å². The summed E-state index contributed by atoms with van der Waals surface area (Å²) in [5.41, 5.74) is 6.02. The lowest BCUT2D eigenvalue weighted by Gasteiger charge is -2.14. The molecule has 3 nitrogen and oxygen atoms in total. The van der Waals surface area contributed by atoms with Gasteiger partial charge in [-0.3, -0.25) is 4.21 Å². The quantitative estimate of drug-likeness (QED) is 0.634. The highest BCUT2D eigenvalue weighted by molar-refractivity contribution is 7.85. The predicted octanol–water partition coefficient (Wildman–Crippen LogP) is 3.10. The van der Waals surface area contributed by atoms with E-state index in [1.54, 1.807) is 12.1 Å². The van der Waals surface area contributed by atoms with Crippen LogP contribution in [0.15, 0.2) is 29.2 Å². The average molecular weight is 264 g/mol. The van der Waals surface area contributed by atoms with Crippen LogP contribution in [0.3, 0.4) is 0 Å². The Morgan fingerprint density at radius 2 is 2.11 bits per heavy atom. The van der Waals surface area contributed by atoms with E-state index in [9.17, 15) is 4.21 Å². The molecule has 0 aliphatic rings. The lowest BCUT2D eigenvalue weighted by atomic mass is 9.89. The van der Waals surface area contributed by atoms with Gasteiger partial charge in [-0.15, -0.1) is 0 Å². The van der Waals surface area contributed by atoms with Crippen LogP contribution in [-0.2, 0) is 10.8 Å². The molecule has 0 saturated heterocycles. The van der Waals surface area contributed by atoms with Crippen LogP contribution in [0.4, 0.5) is 5.69 Å². The van der Waals surface area contributed by atoms with Crippen molar-refractivity contribution in [1.82, 2.24) is 0 Å². The van der Waals surface area contributed by atoms with E-state index in [1.165, 1.54) is 0 Å². The number of nitrogen functional groups attached to an aromatic ring is 1. The zero-order chi connectivity index (χ0) is 13.6. The van der Waals surface area contributed by atoms with Gasteiger partial charge in [-0.05, 0) is 44.9 Å². The van der Waals surface area contributed by atoms with Crippen molar-refractivity contribution in [2.45, 2.75) is 38.0 Å². The van der Waals surface area contributed by atoms with Gasteiger partial charge in [-0.2, -0.15) is 5.26 Å². The standard InChI is InChI=1S/C14H20N2OS/c1-14(2,11-15)8-3-4-9-18(17)13-7-5-6-12(16)10-13/h5-7,10H,3-4,8-9,16H2,1-2H3. The molecule has 1 rings (SSSR count). The van der Waals surface area contributed by atoms with Crippen LogP contribution >= 0.6 is 0 Å². The van der Waals surface area contributed by atoms with E-state index in [0.29, 0.717) is 11.4 Å². The highest BCUT2D eigenvalue weighted by atomic mass is 32.2. The molecule has 0 aliphatic carbocycles. The van der Waals surface area contributed by atoms with Crippen LogP contribution in [0.1, 0.15) is 33.1 Å². The fourth-order valence-corrected chi connectivity index (χ4v) is 2.83. The molecule has 0 amide bonds. The molecule has 0 bridgehead atoms. The van der Waals surface area contributed by atoms with Gasteiger partial charge in [0.1, 0.15) is 0 Å². The molecule has 0 heterocycles. The van der Waals surface area contributed by atoms with Crippen molar-refractivity contribution in [2.24, 2.45) is 5.41 Å². The lowest BCUT2D eigenvalue weighted by molar-refractivity contribution is 0.432. The summed E-state index contributed by atoms with van der Waals surface area (Å²) < 4.78 is 12.0. The molecule has 2 N–H and O–H groups in total. The summed E-state index contributed by atoms with van der Waals surface area (Å²) in [5, 5.41) is 8.89. The van der Waals surface area contributed by atoms with Gasteiger partial charge in [0.15, 0.2) is 0 Å². The van der Waals surface area contributed by atoms with E-state index in [-0.39, 0.29) is 5.41 Å². The van der Waals surface area contributed by atoms with E-state index in [0.717, 1.165) is 24.2 Å². The number of nitrogens with zero attached hydrogens (tertiary/aromatic N) is 1. The number of anilines is 1. The first-order valence-electron chi connectivity index (χ1n) is 6.10. The van der Waals surface area contributed by atoms with Gasteiger partial charge in [0.05, 0.1) is 22.3 Å². The first-order chi connectivity index (χ1) is 8.44. The molecule has 0 aliphatic heterocycles. The van der Waals surface area contributed by atoms with Gasteiger partial charge in [0, 0.05) is 16.3 Å². The van der Waals surface area contributed by atoms with Crippen molar-refractivity contribution >= 4 is 16.5 Å². The van der Waals surface area contributed by atoms with Crippen molar-refractivity contribution in [2.75, 3.05) is 11.5 Å². The van der Waals surface area contributed by atoms with Crippen LogP contribution in [0, 0.1) is 16.7 Å². The molecule has 1 atom stereocenters. The zero-order valence-electron chi connectivity index (χ0n) is 11.0. The summed E-state index contributed by atoms with van der Waals surface area (Å²) in [4.78, 5) is 0.787. The second-order valence-corrected chi connectivity index (χ2v) is 6.65. The van der Waals surface area contributed by atoms with Crippen molar-refractivity contribution < 1.29 is 4.21 Å². The minimum atomic E-state index is -0.987. The van der Waals surface area contributed by atoms with Gasteiger partial charge >= 0.3 is 0 Å². The van der Waals surface area contributed by atoms with E-state index in [1.807, 2.05) is 26.0 Å². The largest absolute Gasteiger partial charge is 0.399 e. The minimum Gasteiger partial charge on any atom is -0.399 e. The maximum Gasteiger partial charge on any atom is 0.0683 e. The molecule has 1 unspecified atom stereocenters. The number of benzene rings is 1. The maximum absolute atomic E-state index is 12.0. The molecule has 1 aromatic carbocycles. The Kier molecular flexibility index (Phi) is 5.36. The molecule has 1 aromatic rings. The van der Waals surface area contributed by atoms with Crippen molar-refractivity contribution in [1.29, 1.82) is 5.26 Å². The minimum absolute atomic E-state index is 0.279. The molecule has 0 aromatic heterocycles. The normalized spacial score (nSPS) is 12.9. The second kappa shape index (κ2) is 6.55. The Morgan fingerprint density at radius 3 is 2.72 bits per heavy atom. The monoisotopic (exact) mass is 264 g/mol. The Hall–Kier alpha value is -1.34. The molecule has 0 fully saturated rings. The van der Waals surface area contributed by atoms with E-state index >= 15 is 0 Å². The van der Waals surface area contributed by atoms with Gasteiger partial charge in [0.25, 0.3) is 0 Å². The zero-order valence-corrected chi connectivity index (χ0v) is 11.8. The number of hydrogen-bond donors (Lipinski definition) is 1. The van der Waals surface area contributed by atoms with Crippen molar-refractivity contribution in [3.8, 4) is 6.07 Å². The Balaban J connectivity index is 2.37. The van der Waals surface area contributed by atoms with Gasteiger partial charge in [-0.1, -0.05) is 12.5 Å². The summed E-state index contributed by atoms with van der Waals surface area (Å²) in [6.45, 7) is 3.86. The summed E-state index contributed by atoms with van der Waals surface area (Å²) in [6, 6.07) is 9.48. The number of nitriles is 1. The first-order valence-corrected chi connectivity index (χ1v) is 7.42. The lowest BCUT2D eigenvalue weighted by Crippen LogP contribution is -2.08. The number of hydrogen-bond acceptors (Lipinski definition) is 3. The Labute approximate surface area is 111 Å². The summed E-state index contributed by atoms with van der Waals surface area (Å²) in [7, 11) is -0.987. The number of nitrogens with two attached hydrogens (primary N) is 1. The number of unbranched alkanes of at least 4 members (excludes halogenated alkanes) is 1. The highest BCUT2D eigenvalue weighted by Gasteiger charge is 2.15. The van der Waals surface area contributed by atoms with Crippen LogP contribution in [0.2, 0.25) is 0 Å². The fraction of sp³-hybridized carbons (Fsp3) is 0.500. The summed E-state index contributed by atoms with van der Waals surface area (Å²) >= 11 is 0.